The zero-order valence-corrected chi connectivity index (χ0v) is 12.1. The first-order chi connectivity index (χ1) is 9.51. The van der Waals surface area contributed by atoms with Gasteiger partial charge in [0.2, 0.25) is 0 Å². The summed E-state index contributed by atoms with van der Waals surface area (Å²) in [6, 6.07) is 4.88. The van der Waals surface area contributed by atoms with Crippen LogP contribution in [0.4, 0.5) is 5.69 Å². The molecule has 0 heterocycles. The van der Waals surface area contributed by atoms with E-state index in [1.54, 1.807) is 18.2 Å². The third kappa shape index (κ3) is 3.63. The lowest BCUT2D eigenvalue weighted by atomic mass is 10.3. The van der Waals surface area contributed by atoms with Crippen LogP contribution in [0, 0.1) is 11.8 Å². The van der Waals surface area contributed by atoms with Crippen LogP contribution in [-0.4, -0.2) is 25.6 Å². The lowest BCUT2D eigenvalue weighted by Crippen LogP contribution is -2.22. The molecule has 1 aromatic carbocycles. The van der Waals surface area contributed by atoms with E-state index in [1.165, 1.54) is 7.11 Å². The summed E-state index contributed by atoms with van der Waals surface area (Å²) < 4.78 is 10.1. The van der Waals surface area contributed by atoms with E-state index in [0.717, 1.165) is 6.42 Å². The summed E-state index contributed by atoms with van der Waals surface area (Å²) in [6.45, 7) is 1.67. The minimum absolute atomic E-state index is 0.0523. The number of nitrogens with one attached hydrogen (secondary N) is 1. The van der Waals surface area contributed by atoms with Crippen molar-refractivity contribution in [2.24, 2.45) is 11.8 Å². The maximum absolute atomic E-state index is 11.7. The number of halogens is 1. The summed E-state index contributed by atoms with van der Waals surface area (Å²) in [7, 11) is 1.49. The number of esters is 1. The molecule has 6 heteroatoms. The molecule has 0 saturated heterocycles. The molecular weight excluding hydrogens is 282 g/mol. The topological polar surface area (TPSA) is 64.6 Å². The molecule has 0 radical (unpaired) electrons. The highest BCUT2D eigenvalue weighted by molar-refractivity contribution is 6.31. The highest BCUT2D eigenvalue weighted by Gasteiger charge is 2.40. The zero-order chi connectivity index (χ0) is 14.7. The molecule has 2 atom stereocenters. The van der Waals surface area contributed by atoms with Crippen molar-refractivity contribution in [3.63, 3.8) is 0 Å². The van der Waals surface area contributed by atoms with Crippen LogP contribution in [0.3, 0.4) is 0 Å². The van der Waals surface area contributed by atoms with Crippen molar-refractivity contribution in [2.75, 3.05) is 19.0 Å². The molecule has 0 aliphatic heterocycles. The number of carbonyl (C=O) groups is 2. The van der Waals surface area contributed by atoms with E-state index in [1.807, 2.05) is 6.92 Å². The predicted octanol–water partition coefficient (Wildman–Crippen LogP) is 2.49. The van der Waals surface area contributed by atoms with E-state index < -0.39 is 5.91 Å². The molecule has 0 unspecified atom stereocenters. The molecule has 2 rings (SSSR count). The number of hydrogen-bond donors (Lipinski definition) is 1. The van der Waals surface area contributed by atoms with Gasteiger partial charge in [-0.05, 0) is 30.5 Å². The molecule has 1 fully saturated rings. The first kappa shape index (κ1) is 14.7. The van der Waals surface area contributed by atoms with Crippen molar-refractivity contribution in [2.45, 2.75) is 13.3 Å². The van der Waals surface area contributed by atoms with Gasteiger partial charge in [0, 0.05) is 5.02 Å². The van der Waals surface area contributed by atoms with E-state index in [4.69, 9.17) is 21.1 Å². The Morgan fingerprint density at radius 3 is 2.75 bits per heavy atom. The van der Waals surface area contributed by atoms with Gasteiger partial charge < -0.3 is 14.8 Å². The maximum atomic E-state index is 11.7. The number of rotatable bonds is 5. The summed E-state index contributed by atoms with van der Waals surface area (Å²) in [5, 5.41) is 3.08. The number of methoxy groups -OCH3 is 1. The first-order valence-corrected chi connectivity index (χ1v) is 6.69. The van der Waals surface area contributed by atoms with E-state index in [0.29, 0.717) is 22.4 Å². The van der Waals surface area contributed by atoms with Crippen molar-refractivity contribution >= 4 is 29.2 Å². The molecule has 5 nitrogen and oxygen atoms in total. The molecular formula is C14H16ClNO4. The van der Waals surface area contributed by atoms with Crippen LogP contribution in [0.25, 0.3) is 0 Å². The van der Waals surface area contributed by atoms with Crippen molar-refractivity contribution in [3.8, 4) is 5.75 Å². The summed E-state index contributed by atoms with van der Waals surface area (Å²) in [5.74, 6) is 0.0601. The smallest absolute Gasteiger partial charge is 0.309 e. The molecule has 20 heavy (non-hydrogen) atoms. The zero-order valence-electron chi connectivity index (χ0n) is 11.3. The fourth-order valence-electron chi connectivity index (χ4n) is 1.86. The Balaban J connectivity index is 1.88. The maximum Gasteiger partial charge on any atom is 0.309 e. The van der Waals surface area contributed by atoms with Gasteiger partial charge in [0.15, 0.2) is 6.61 Å². The quantitative estimate of drug-likeness (QED) is 0.848. The minimum Gasteiger partial charge on any atom is -0.495 e. The fourth-order valence-corrected chi connectivity index (χ4v) is 2.03. The molecule has 1 aliphatic carbocycles. The normalized spacial score (nSPS) is 20.1. The van der Waals surface area contributed by atoms with Gasteiger partial charge in [-0.15, -0.1) is 0 Å². The number of amides is 1. The molecule has 0 bridgehead atoms. The number of hydrogen-bond acceptors (Lipinski definition) is 4. The highest BCUT2D eigenvalue weighted by Crippen LogP contribution is 2.38. The van der Waals surface area contributed by atoms with Crippen LogP contribution in [0.1, 0.15) is 13.3 Å². The van der Waals surface area contributed by atoms with E-state index in [2.05, 4.69) is 5.32 Å². The largest absolute Gasteiger partial charge is 0.495 e. The van der Waals surface area contributed by atoms with E-state index in [-0.39, 0.29) is 18.5 Å². The Morgan fingerprint density at radius 2 is 2.15 bits per heavy atom. The standard InChI is InChI=1S/C14H16ClNO4/c1-8-5-10(8)14(18)20-7-13(17)16-11-6-9(15)3-4-12(11)19-2/h3-4,6,8,10H,5,7H2,1-2H3,(H,16,17)/t8-,10+/m1/s1. The van der Waals surface area contributed by atoms with Gasteiger partial charge in [0.25, 0.3) is 5.91 Å². The third-order valence-corrected chi connectivity index (χ3v) is 3.43. The summed E-state index contributed by atoms with van der Waals surface area (Å²) >= 11 is 5.86. The molecule has 1 aromatic rings. The fraction of sp³-hybridized carbons (Fsp3) is 0.429. The van der Waals surface area contributed by atoms with Gasteiger partial charge in [-0.25, -0.2) is 0 Å². The average molecular weight is 298 g/mol. The molecule has 1 saturated carbocycles. The molecule has 1 amide bonds. The van der Waals surface area contributed by atoms with Gasteiger partial charge in [0.1, 0.15) is 5.75 Å². The number of benzene rings is 1. The summed E-state index contributed by atoms with van der Waals surface area (Å²) in [4.78, 5) is 23.2. The molecule has 0 aromatic heterocycles. The Hall–Kier alpha value is -1.75. The van der Waals surface area contributed by atoms with Gasteiger partial charge >= 0.3 is 5.97 Å². The second-order valence-electron chi connectivity index (χ2n) is 4.82. The SMILES string of the molecule is COc1ccc(Cl)cc1NC(=O)COC(=O)[C@H]1C[C@H]1C. The van der Waals surface area contributed by atoms with Gasteiger partial charge in [0.05, 0.1) is 18.7 Å². The van der Waals surface area contributed by atoms with Crippen LogP contribution >= 0.6 is 11.6 Å². The highest BCUT2D eigenvalue weighted by atomic mass is 35.5. The van der Waals surface area contributed by atoms with E-state index in [9.17, 15) is 9.59 Å². The summed E-state index contributed by atoms with van der Waals surface area (Å²) in [6.07, 6.45) is 0.836. The van der Waals surface area contributed by atoms with Crippen LogP contribution in [-0.2, 0) is 14.3 Å². The predicted molar refractivity (Wildman–Crippen MR) is 74.9 cm³/mol. The second kappa shape index (κ2) is 6.13. The van der Waals surface area contributed by atoms with Crippen molar-refractivity contribution < 1.29 is 19.1 Å². The van der Waals surface area contributed by atoms with Crippen molar-refractivity contribution in [1.29, 1.82) is 0 Å². The molecule has 1 N–H and O–H groups in total. The van der Waals surface area contributed by atoms with Crippen LogP contribution < -0.4 is 10.1 Å². The number of anilines is 1. The number of carbonyl (C=O) groups excluding carboxylic acids is 2. The molecule has 108 valence electrons. The van der Waals surface area contributed by atoms with Gasteiger partial charge in [-0.1, -0.05) is 18.5 Å². The summed E-state index contributed by atoms with van der Waals surface area (Å²) in [5.41, 5.74) is 0.445. The number of ether oxygens (including phenoxy) is 2. The van der Waals surface area contributed by atoms with Crippen LogP contribution in [0.2, 0.25) is 5.02 Å². The Kier molecular flexibility index (Phi) is 4.49. The van der Waals surface area contributed by atoms with Crippen LogP contribution in [0.15, 0.2) is 18.2 Å². The van der Waals surface area contributed by atoms with Crippen molar-refractivity contribution in [1.82, 2.24) is 0 Å². The average Bonchev–Trinajstić information content (AvgIpc) is 3.13. The van der Waals surface area contributed by atoms with Gasteiger partial charge in [-0.2, -0.15) is 0 Å². The second-order valence-corrected chi connectivity index (χ2v) is 5.26. The Bertz CT molecular complexity index is 532. The van der Waals surface area contributed by atoms with Gasteiger partial charge in [-0.3, -0.25) is 9.59 Å². The monoisotopic (exact) mass is 297 g/mol. The Labute approximate surface area is 122 Å². The lowest BCUT2D eigenvalue weighted by Gasteiger charge is -2.10. The lowest BCUT2D eigenvalue weighted by molar-refractivity contribution is -0.148. The van der Waals surface area contributed by atoms with Crippen LogP contribution in [0.5, 0.6) is 5.75 Å². The molecule has 1 aliphatic rings. The Morgan fingerprint density at radius 1 is 1.45 bits per heavy atom. The first-order valence-electron chi connectivity index (χ1n) is 6.31. The third-order valence-electron chi connectivity index (χ3n) is 3.19. The van der Waals surface area contributed by atoms with E-state index >= 15 is 0 Å². The minimum atomic E-state index is -0.424. The van der Waals surface area contributed by atoms with Crippen molar-refractivity contribution in [3.05, 3.63) is 23.2 Å². The molecule has 0 spiro atoms.